The van der Waals surface area contributed by atoms with Gasteiger partial charge in [-0.25, -0.2) is 9.97 Å². The van der Waals surface area contributed by atoms with Crippen LogP contribution in [0, 0.1) is 11.8 Å². The topological polar surface area (TPSA) is 50.1 Å². The van der Waals surface area contributed by atoms with Crippen LogP contribution in [0.3, 0.4) is 0 Å². The average molecular weight is 381 g/mol. The highest BCUT2D eigenvalue weighted by Gasteiger charge is 2.41. The molecule has 2 fully saturated rings. The van der Waals surface area contributed by atoms with Gasteiger partial charge < -0.3 is 4.90 Å². The number of hydrogen-bond donors (Lipinski definition) is 0. The molecule has 3 aliphatic rings. The largest absolute Gasteiger partial charge is 0.356 e. The molecule has 0 amide bonds. The maximum atomic E-state index is 4.75. The smallest absolute Gasteiger partial charge is 0.132 e. The second-order valence-corrected chi connectivity index (χ2v) is 9.98. The molecule has 2 atom stereocenters. The third-order valence-electron chi connectivity index (χ3n) is 6.88. The Bertz CT molecular complexity index is 866. The molecule has 0 radical (unpaired) electrons. The number of fused-ring (bicyclic) bond motifs is 2. The molecular weight excluding hydrogens is 348 g/mol. The SMILES string of the molecule is Cn1nc2c(c1CN1CC3CN(c4cc(C(C)(C)C)ncn4)CC3C1)CCC2. The first-order valence-electron chi connectivity index (χ1n) is 10.7. The van der Waals surface area contributed by atoms with Crippen LogP contribution in [0.1, 0.15) is 49.8 Å². The van der Waals surface area contributed by atoms with Crippen LogP contribution in [0.15, 0.2) is 12.4 Å². The predicted octanol–water partition coefficient (Wildman–Crippen LogP) is 2.56. The van der Waals surface area contributed by atoms with Gasteiger partial charge in [-0.2, -0.15) is 5.10 Å². The number of likely N-dealkylation sites (tertiary alicyclic amines) is 1. The lowest BCUT2D eigenvalue weighted by atomic mass is 9.92. The van der Waals surface area contributed by atoms with Crippen molar-refractivity contribution in [2.24, 2.45) is 18.9 Å². The van der Waals surface area contributed by atoms with Gasteiger partial charge in [0.2, 0.25) is 0 Å². The Hall–Kier alpha value is -1.95. The maximum absolute atomic E-state index is 4.75. The van der Waals surface area contributed by atoms with E-state index in [0.717, 1.165) is 43.0 Å². The average Bonchev–Trinajstić information content (AvgIpc) is 3.37. The van der Waals surface area contributed by atoms with Gasteiger partial charge in [-0.1, -0.05) is 20.8 Å². The number of hydrogen-bond acceptors (Lipinski definition) is 5. The minimum Gasteiger partial charge on any atom is -0.356 e. The number of aryl methyl sites for hydroxylation is 2. The van der Waals surface area contributed by atoms with E-state index in [1.54, 1.807) is 6.33 Å². The van der Waals surface area contributed by atoms with Crippen molar-refractivity contribution in [1.29, 1.82) is 0 Å². The molecule has 6 heteroatoms. The second-order valence-electron chi connectivity index (χ2n) is 9.98. The molecule has 28 heavy (non-hydrogen) atoms. The summed E-state index contributed by atoms with van der Waals surface area (Å²) in [6.07, 6.45) is 5.40. The van der Waals surface area contributed by atoms with Crippen molar-refractivity contribution in [1.82, 2.24) is 24.6 Å². The van der Waals surface area contributed by atoms with Crippen molar-refractivity contribution >= 4 is 5.82 Å². The van der Waals surface area contributed by atoms with Crippen molar-refractivity contribution in [2.45, 2.75) is 52.0 Å². The normalized spacial score (nSPS) is 24.8. The van der Waals surface area contributed by atoms with Crippen molar-refractivity contribution in [3.8, 4) is 0 Å². The van der Waals surface area contributed by atoms with Crippen molar-refractivity contribution < 1.29 is 0 Å². The fraction of sp³-hybridized carbons (Fsp3) is 0.682. The van der Waals surface area contributed by atoms with Crippen molar-refractivity contribution in [3.63, 3.8) is 0 Å². The van der Waals surface area contributed by atoms with Gasteiger partial charge in [0, 0.05) is 51.3 Å². The Kier molecular flexibility index (Phi) is 4.23. The van der Waals surface area contributed by atoms with Crippen LogP contribution in [-0.4, -0.2) is 50.8 Å². The molecule has 0 bridgehead atoms. The van der Waals surface area contributed by atoms with E-state index in [1.165, 1.54) is 49.3 Å². The molecule has 0 spiro atoms. The van der Waals surface area contributed by atoms with Crippen LogP contribution in [0.5, 0.6) is 0 Å². The summed E-state index contributed by atoms with van der Waals surface area (Å²) in [7, 11) is 2.12. The quantitative estimate of drug-likeness (QED) is 0.819. The molecule has 2 aromatic rings. The van der Waals surface area contributed by atoms with E-state index in [0.29, 0.717) is 0 Å². The molecule has 4 heterocycles. The number of aromatic nitrogens is 4. The summed E-state index contributed by atoms with van der Waals surface area (Å²) in [4.78, 5) is 14.2. The molecule has 150 valence electrons. The molecule has 0 aromatic carbocycles. The lowest BCUT2D eigenvalue weighted by Gasteiger charge is -2.24. The summed E-state index contributed by atoms with van der Waals surface area (Å²) in [5, 5.41) is 4.75. The zero-order valence-electron chi connectivity index (χ0n) is 17.6. The van der Waals surface area contributed by atoms with Gasteiger partial charge in [0.15, 0.2) is 0 Å². The molecule has 2 aliphatic heterocycles. The van der Waals surface area contributed by atoms with Crippen molar-refractivity contribution in [2.75, 3.05) is 31.1 Å². The monoisotopic (exact) mass is 380 g/mol. The predicted molar refractivity (Wildman–Crippen MR) is 110 cm³/mol. The van der Waals surface area contributed by atoms with E-state index in [9.17, 15) is 0 Å². The van der Waals surface area contributed by atoms with Crippen LogP contribution in [0.2, 0.25) is 0 Å². The molecule has 0 saturated carbocycles. The Labute approximate surface area is 168 Å². The molecule has 2 saturated heterocycles. The summed E-state index contributed by atoms with van der Waals surface area (Å²) in [6, 6.07) is 2.19. The summed E-state index contributed by atoms with van der Waals surface area (Å²) < 4.78 is 2.14. The van der Waals surface area contributed by atoms with E-state index in [-0.39, 0.29) is 5.41 Å². The van der Waals surface area contributed by atoms with Gasteiger partial charge in [0.1, 0.15) is 12.1 Å². The summed E-state index contributed by atoms with van der Waals surface area (Å²) >= 11 is 0. The lowest BCUT2D eigenvalue weighted by molar-refractivity contribution is 0.299. The third kappa shape index (κ3) is 3.11. The molecule has 1 aliphatic carbocycles. The minimum atomic E-state index is 0.0629. The minimum absolute atomic E-state index is 0.0629. The molecular formula is C22H32N6. The molecule has 0 N–H and O–H groups in total. The van der Waals surface area contributed by atoms with Crippen LogP contribution in [-0.2, 0) is 31.8 Å². The van der Waals surface area contributed by atoms with Gasteiger partial charge in [-0.05, 0) is 36.7 Å². The Balaban J connectivity index is 1.25. The van der Waals surface area contributed by atoms with Gasteiger partial charge in [0.25, 0.3) is 0 Å². The zero-order valence-corrected chi connectivity index (χ0v) is 17.6. The summed E-state index contributed by atoms with van der Waals surface area (Å²) in [5.74, 6) is 2.59. The van der Waals surface area contributed by atoms with E-state index in [4.69, 9.17) is 5.10 Å². The first kappa shape index (κ1) is 18.1. The summed E-state index contributed by atoms with van der Waals surface area (Å²) in [5.41, 5.74) is 5.53. The van der Waals surface area contributed by atoms with Crippen molar-refractivity contribution in [3.05, 3.63) is 35.0 Å². The zero-order chi connectivity index (χ0) is 19.5. The van der Waals surface area contributed by atoms with Crippen LogP contribution in [0.4, 0.5) is 5.82 Å². The second kappa shape index (κ2) is 6.55. The van der Waals surface area contributed by atoms with Gasteiger partial charge in [-0.3, -0.25) is 9.58 Å². The summed E-state index contributed by atoms with van der Waals surface area (Å²) in [6.45, 7) is 12.3. The number of anilines is 1. The highest BCUT2D eigenvalue weighted by molar-refractivity contribution is 5.42. The van der Waals surface area contributed by atoms with Crippen LogP contribution in [0.25, 0.3) is 0 Å². The third-order valence-corrected chi connectivity index (χ3v) is 6.88. The first-order chi connectivity index (χ1) is 13.4. The molecule has 5 rings (SSSR count). The fourth-order valence-electron chi connectivity index (χ4n) is 5.33. The maximum Gasteiger partial charge on any atom is 0.132 e. The van der Waals surface area contributed by atoms with Gasteiger partial charge in [-0.15, -0.1) is 0 Å². The Morgan fingerprint density at radius 2 is 1.79 bits per heavy atom. The number of nitrogens with zero attached hydrogens (tertiary/aromatic N) is 6. The van der Waals surface area contributed by atoms with Crippen LogP contribution < -0.4 is 4.90 Å². The van der Waals surface area contributed by atoms with Gasteiger partial charge >= 0.3 is 0 Å². The molecule has 6 nitrogen and oxygen atoms in total. The van der Waals surface area contributed by atoms with E-state index in [1.807, 2.05) is 0 Å². The number of rotatable bonds is 3. The molecule has 2 aromatic heterocycles. The fourth-order valence-corrected chi connectivity index (χ4v) is 5.33. The van der Waals surface area contributed by atoms with E-state index in [2.05, 4.69) is 58.3 Å². The standard InChI is InChI=1S/C22H32N6/c1-22(2,3)20-8-21(24-14-23-20)28-11-15-9-27(10-16(15)12-28)13-19-17-6-5-7-18(17)25-26(19)4/h8,14-16H,5-7,9-13H2,1-4H3. The van der Waals surface area contributed by atoms with E-state index >= 15 is 0 Å². The van der Waals surface area contributed by atoms with E-state index < -0.39 is 0 Å². The highest BCUT2D eigenvalue weighted by atomic mass is 15.3. The lowest BCUT2D eigenvalue weighted by Crippen LogP contribution is -2.30. The molecule has 2 unspecified atom stereocenters. The van der Waals surface area contributed by atoms with Gasteiger partial charge in [0.05, 0.1) is 17.1 Å². The van der Waals surface area contributed by atoms with Crippen LogP contribution >= 0.6 is 0 Å². The Morgan fingerprint density at radius 1 is 1.04 bits per heavy atom. The Morgan fingerprint density at radius 3 is 2.50 bits per heavy atom. The first-order valence-corrected chi connectivity index (χ1v) is 10.7. The highest BCUT2D eigenvalue weighted by Crippen LogP contribution is 2.35.